The number of benzene rings is 2. The number of amides is 2. The van der Waals surface area contributed by atoms with Crippen molar-refractivity contribution in [3.05, 3.63) is 85.8 Å². The lowest BCUT2D eigenvalue weighted by Gasteiger charge is -2.11. The fourth-order valence-electron chi connectivity index (χ4n) is 2.95. The van der Waals surface area contributed by atoms with E-state index in [4.69, 9.17) is 23.2 Å². The van der Waals surface area contributed by atoms with Gasteiger partial charge in [-0.15, -0.1) is 0 Å². The van der Waals surface area contributed by atoms with E-state index in [1.54, 1.807) is 12.1 Å². The van der Waals surface area contributed by atoms with Crippen molar-refractivity contribution < 1.29 is 23.7 Å². The van der Waals surface area contributed by atoms with Gasteiger partial charge in [0.2, 0.25) is 0 Å². The number of rotatable bonds is 5. The van der Waals surface area contributed by atoms with Gasteiger partial charge in [-0.25, -0.2) is 9.00 Å². The Morgan fingerprint density at radius 3 is 2.35 bits per heavy atom. The molecule has 3 rings (SSSR count). The highest BCUT2D eigenvalue weighted by atomic mass is 35.5. The molecule has 0 atom stereocenters. The van der Waals surface area contributed by atoms with Gasteiger partial charge in [0.25, 0.3) is 17.4 Å². The topological polar surface area (TPSA) is 146 Å². The first-order valence-corrected chi connectivity index (χ1v) is 12.5. The molecule has 0 bridgehead atoms. The fourth-order valence-corrected chi connectivity index (χ4v) is 3.97. The number of nitrogens with one attached hydrogen (secondary N) is 2. The molecule has 1 heterocycles. The van der Waals surface area contributed by atoms with E-state index < -0.39 is 38.6 Å². The van der Waals surface area contributed by atoms with Gasteiger partial charge >= 0.3 is 5.97 Å². The Morgan fingerprint density at radius 1 is 1.03 bits per heavy atom. The normalized spacial score (nSPS) is 11.1. The minimum Gasteiger partial charge on any atom is -0.478 e. The number of carbonyl (C=O) groups excluding carboxylic acids is 2. The molecule has 3 aromatic rings. The Balaban J connectivity index is 2.03. The van der Waals surface area contributed by atoms with Crippen molar-refractivity contribution in [1.29, 1.82) is 0 Å². The molecule has 3 N–H and O–H groups in total. The zero-order chi connectivity index (χ0) is 25.2. The predicted octanol–water partition coefficient (Wildman–Crippen LogP) is 4.17. The first-order chi connectivity index (χ1) is 15.9. The maximum absolute atomic E-state index is 12.9. The van der Waals surface area contributed by atoms with E-state index in [2.05, 4.69) is 14.7 Å². The quantitative estimate of drug-likeness (QED) is 0.459. The van der Waals surface area contributed by atoms with Gasteiger partial charge in [-0.1, -0.05) is 29.3 Å². The van der Waals surface area contributed by atoms with Gasteiger partial charge in [0.15, 0.2) is 0 Å². The average Bonchev–Trinajstić information content (AvgIpc) is 2.73. The largest absolute Gasteiger partial charge is 0.478 e. The maximum atomic E-state index is 12.9. The standard InChI is InChI=1S/C22H17Cl2N3O6S/c1-34(2,33)27-19(28)11-3-5-15(22(31)32)16(7-11)20(29)26-18-8-12(10-25-21(18)30)14-6-4-13(23)9-17(14)24/h3-10H,1-2H3,(H,25,30)(H,26,29)(H,31,32). The number of carboxylic acid groups (broad SMARTS) is 1. The fraction of sp³-hybridized carbons (Fsp3) is 0.0909. The number of anilines is 1. The van der Waals surface area contributed by atoms with Crippen molar-refractivity contribution >= 4 is 56.4 Å². The summed E-state index contributed by atoms with van der Waals surface area (Å²) in [6.07, 6.45) is 3.91. The molecule has 2 aromatic carbocycles. The van der Waals surface area contributed by atoms with Crippen molar-refractivity contribution in [3.8, 4) is 11.1 Å². The molecule has 176 valence electrons. The lowest BCUT2D eigenvalue weighted by molar-refractivity contribution is 0.0692. The Bertz CT molecular complexity index is 1520. The molecule has 1 aromatic heterocycles. The number of H-pyrrole nitrogens is 1. The molecule has 2 amide bonds. The summed E-state index contributed by atoms with van der Waals surface area (Å²) in [5.74, 6) is -3.25. The second-order valence-electron chi connectivity index (χ2n) is 7.35. The Kier molecular flexibility index (Phi) is 7.25. The number of aromatic carboxylic acids is 1. The van der Waals surface area contributed by atoms with Crippen LogP contribution in [0.25, 0.3) is 11.1 Å². The van der Waals surface area contributed by atoms with Crippen LogP contribution in [0.2, 0.25) is 10.0 Å². The average molecular weight is 522 g/mol. The number of hydrogen-bond acceptors (Lipinski definition) is 5. The molecule has 34 heavy (non-hydrogen) atoms. The third-order valence-electron chi connectivity index (χ3n) is 4.44. The van der Waals surface area contributed by atoms with Gasteiger partial charge in [0.05, 0.1) is 11.1 Å². The van der Waals surface area contributed by atoms with Gasteiger partial charge in [0, 0.05) is 55.2 Å². The van der Waals surface area contributed by atoms with Crippen LogP contribution in [-0.4, -0.2) is 44.6 Å². The molecule has 0 aliphatic rings. The van der Waals surface area contributed by atoms with Crippen LogP contribution in [-0.2, 0) is 9.73 Å². The van der Waals surface area contributed by atoms with Crippen LogP contribution in [0.3, 0.4) is 0 Å². The summed E-state index contributed by atoms with van der Waals surface area (Å²) in [6, 6.07) is 9.34. The van der Waals surface area contributed by atoms with Gasteiger partial charge in [-0.05, 0) is 36.4 Å². The van der Waals surface area contributed by atoms with Crippen LogP contribution in [0.15, 0.2) is 57.8 Å². The zero-order valence-corrected chi connectivity index (χ0v) is 20.0. The molecule has 9 nitrogen and oxygen atoms in total. The number of carbonyl (C=O) groups is 3. The van der Waals surface area contributed by atoms with E-state index in [1.165, 1.54) is 30.8 Å². The molecule has 0 fully saturated rings. The van der Waals surface area contributed by atoms with Crippen molar-refractivity contribution in [2.45, 2.75) is 0 Å². The highest BCUT2D eigenvalue weighted by Crippen LogP contribution is 2.30. The summed E-state index contributed by atoms with van der Waals surface area (Å²) in [7, 11) is -2.78. The molecule has 0 unspecified atom stereocenters. The van der Waals surface area contributed by atoms with E-state index >= 15 is 0 Å². The third-order valence-corrected chi connectivity index (χ3v) is 5.59. The maximum Gasteiger partial charge on any atom is 0.336 e. The number of aromatic nitrogens is 1. The number of nitrogens with zero attached hydrogens (tertiary/aromatic N) is 1. The predicted molar refractivity (Wildman–Crippen MR) is 131 cm³/mol. The SMILES string of the molecule is CS(C)(=O)=NC(=O)c1ccc(C(=O)O)c(C(=O)Nc2cc(-c3ccc(Cl)cc3Cl)c[nH]c2=O)c1. The molecular formula is C22H17Cl2N3O6S. The molecule has 0 aliphatic carbocycles. The van der Waals surface area contributed by atoms with Gasteiger partial charge in [-0.3, -0.25) is 14.4 Å². The molecule has 0 saturated carbocycles. The second kappa shape index (κ2) is 9.80. The van der Waals surface area contributed by atoms with Gasteiger partial charge in [-0.2, -0.15) is 4.36 Å². The monoisotopic (exact) mass is 521 g/mol. The molecule has 0 spiro atoms. The summed E-state index contributed by atoms with van der Waals surface area (Å²) in [5.41, 5.74) is -0.784. The Morgan fingerprint density at radius 2 is 1.74 bits per heavy atom. The smallest absolute Gasteiger partial charge is 0.336 e. The minimum absolute atomic E-state index is 0.137. The summed E-state index contributed by atoms with van der Waals surface area (Å²) < 4.78 is 15.4. The van der Waals surface area contributed by atoms with Crippen molar-refractivity contribution in [1.82, 2.24) is 4.98 Å². The first-order valence-electron chi connectivity index (χ1n) is 9.44. The highest BCUT2D eigenvalue weighted by molar-refractivity contribution is 7.92. The van der Waals surface area contributed by atoms with E-state index in [-0.39, 0.29) is 16.8 Å². The number of halogens is 2. The van der Waals surface area contributed by atoms with Crippen LogP contribution < -0.4 is 10.9 Å². The summed E-state index contributed by atoms with van der Waals surface area (Å²) in [4.78, 5) is 51.7. The molecular weight excluding hydrogens is 505 g/mol. The van der Waals surface area contributed by atoms with Crippen LogP contribution >= 0.6 is 23.2 Å². The van der Waals surface area contributed by atoms with E-state index in [0.717, 1.165) is 18.2 Å². The third kappa shape index (κ3) is 5.90. The van der Waals surface area contributed by atoms with E-state index in [0.29, 0.717) is 21.2 Å². The number of pyridine rings is 1. The van der Waals surface area contributed by atoms with Gasteiger partial charge < -0.3 is 15.4 Å². The Hall–Kier alpha value is -3.47. The van der Waals surface area contributed by atoms with Crippen molar-refractivity contribution in [2.75, 3.05) is 17.8 Å². The van der Waals surface area contributed by atoms with E-state index in [9.17, 15) is 28.5 Å². The Labute approximate surface area is 203 Å². The first kappa shape index (κ1) is 25.2. The lowest BCUT2D eigenvalue weighted by atomic mass is 10.0. The zero-order valence-electron chi connectivity index (χ0n) is 17.7. The van der Waals surface area contributed by atoms with Crippen LogP contribution in [0, 0.1) is 0 Å². The summed E-state index contributed by atoms with van der Waals surface area (Å²) in [5, 5.41) is 12.6. The second-order valence-corrected chi connectivity index (χ2v) is 10.7. The lowest BCUT2D eigenvalue weighted by Crippen LogP contribution is -2.22. The highest BCUT2D eigenvalue weighted by Gasteiger charge is 2.21. The van der Waals surface area contributed by atoms with Crippen LogP contribution in [0.5, 0.6) is 0 Å². The molecule has 0 aliphatic heterocycles. The number of hydrogen-bond donors (Lipinski definition) is 3. The molecule has 12 heteroatoms. The number of aromatic amines is 1. The van der Waals surface area contributed by atoms with Gasteiger partial charge in [0.1, 0.15) is 5.69 Å². The molecule has 0 radical (unpaired) electrons. The number of carboxylic acids is 1. The van der Waals surface area contributed by atoms with Crippen molar-refractivity contribution in [2.24, 2.45) is 4.36 Å². The summed E-state index contributed by atoms with van der Waals surface area (Å²) >= 11 is 12.1. The summed E-state index contributed by atoms with van der Waals surface area (Å²) in [6.45, 7) is 0. The van der Waals surface area contributed by atoms with Crippen LogP contribution in [0.4, 0.5) is 5.69 Å². The minimum atomic E-state index is -2.78. The van der Waals surface area contributed by atoms with E-state index in [1.807, 2.05) is 0 Å². The van der Waals surface area contributed by atoms with Crippen LogP contribution in [0.1, 0.15) is 31.1 Å². The van der Waals surface area contributed by atoms with Crippen molar-refractivity contribution in [3.63, 3.8) is 0 Å². The molecule has 0 saturated heterocycles.